The van der Waals surface area contributed by atoms with Gasteiger partial charge in [0, 0.05) is 23.7 Å². The maximum Gasteiger partial charge on any atom is 0.270 e. The van der Waals surface area contributed by atoms with E-state index in [-0.39, 0.29) is 28.8 Å². The molecule has 0 aromatic heterocycles. The summed E-state index contributed by atoms with van der Waals surface area (Å²) in [5.74, 6) is -0.225. The normalized spacial score (nSPS) is 11.8. The molecule has 9 heteroatoms. The molecule has 0 saturated heterocycles. The Labute approximate surface area is 174 Å². The monoisotopic (exact) mass is 408 g/mol. The zero-order chi connectivity index (χ0) is 22.1. The van der Waals surface area contributed by atoms with Gasteiger partial charge in [-0.2, -0.15) is 5.26 Å². The predicted octanol–water partition coefficient (Wildman–Crippen LogP) is 5.62. The summed E-state index contributed by atoms with van der Waals surface area (Å²) in [7, 11) is 0. The van der Waals surface area contributed by atoms with Crippen LogP contribution in [0, 0.1) is 27.4 Å². The predicted molar refractivity (Wildman–Crippen MR) is 115 cm³/mol. The van der Waals surface area contributed by atoms with Crippen molar-refractivity contribution >= 4 is 34.3 Å². The van der Waals surface area contributed by atoms with Crippen LogP contribution in [0.1, 0.15) is 45.1 Å². The van der Waals surface area contributed by atoms with Gasteiger partial charge in [-0.1, -0.05) is 26.7 Å². The molecule has 156 valence electrons. The molecule has 2 aromatic carbocycles. The Hall–Kier alpha value is -3.80. The first-order valence-electron chi connectivity index (χ1n) is 9.70. The van der Waals surface area contributed by atoms with Crippen molar-refractivity contribution in [3.63, 3.8) is 0 Å². The largest absolute Gasteiger partial charge is 0.399 e. The lowest BCUT2D eigenvalue weighted by molar-refractivity contribution is -0.384. The van der Waals surface area contributed by atoms with Gasteiger partial charge in [0.1, 0.15) is 17.4 Å². The van der Waals surface area contributed by atoms with E-state index in [1.165, 1.54) is 12.1 Å². The zero-order valence-electron chi connectivity index (χ0n) is 17.0. The topological polar surface area (TPSA) is 147 Å². The first-order valence-corrected chi connectivity index (χ1v) is 9.70. The van der Waals surface area contributed by atoms with E-state index in [1.54, 1.807) is 18.2 Å². The summed E-state index contributed by atoms with van der Waals surface area (Å²) < 4.78 is 0. The van der Waals surface area contributed by atoms with Crippen molar-refractivity contribution in [2.45, 2.75) is 39.5 Å². The Morgan fingerprint density at radius 2 is 1.93 bits per heavy atom. The second-order valence-electron chi connectivity index (χ2n) is 6.78. The molecule has 0 aliphatic carbocycles. The second kappa shape index (κ2) is 10.7. The number of azo groups is 1. The van der Waals surface area contributed by atoms with Crippen molar-refractivity contribution in [1.29, 1.82) is 5.26 Å². The van der Waals surface area contributed by atoms with Crippen molar-refractivity contribution in [3.8, 4) is 6.07 Å². The number of carbonyl (C=O) groups excluding carboxylic acids is 1. The van der Waals surface area contributed by atoms with Crippen LogP contribution in [0.2, 0.25) is 0 Å². The van der Waals surface area contributed by atoms with E-state index in [9.17, 15) is 20.2 Å². The number of non-ortho nitro benzene ring substituents is 1. The Balaban J connectivity index is 2.30. The number of nitrogen functional groups attached to an aromatic ring is 1. The number of nitrogens with one attached hydrogen (secondary N) is 1. The fourth-order valence-electron chi connectivity index (χ4n) is 2.87. The van der Waals surface area contributed by atoms with Gasteiger partial charge in [0.05, 0.1) is 16.2 Å². The van der Waals surface area contributed by atoms with Gasteiger partial charge in [-0.25, -0.2) is 0 Å². The van der Waals surface area contributed by atoms with Crippen molar-refractivity contribution in [3.05, 3.63) is 52.1 Å². The van der Waals surface area contributed by atoms with Gasteiger partial charge in [-0.05, 0) is 37.1 Å². The third kappa shape index (κ3) is 5.85. The average molecular weight is 408 g/mol. The highest BCUT2D eigenvalue weighted by atomic mass is 16.6. The van der Waals surface area contributed by atoms with E-state index < -0.39 is 4.92 Å². The fourth-order valence-corrected chi connectivity index (χ4v) is 2.87. The SMILES string of the molecule is CCCCC(CC)C(=O)Nc1cc(N)ccc1N=Nc1ccc([N+](=O)[O-])cc1C#N. The van der Waals surface area contributed by atoms with Crippen LogP contribution in [0.3, 0.4) is 0 Å². The number of benzene rings is 2. The van der Waals surface area contributed by atoms with Crippen LogP contribution >= 0.6 is 0 Å². The van der Waals surface area contributed by atoms with Gasteiger partial charge in [-0.3, -0.25) is 14.9 Å². The molecule has 0 aliphatic rings. The number of nitro groups is 1. The van der Waals surface area contributed by atoms with E-state index >= 15 is 0 Å². The molecule has 3 N–H and O–H groups in total. The third-order valence-corrected chi connectivity index (χ3v) is 4.63. The molecule has 30 heavy (non-hydrogen) atoms. The standard InChI is InChI=1S/C21H24N6O3/c1-3-5-6-14(4-2)21(28)24-20-12-16(23)7-9-19(20)26-25-18-10-8-17(27(29)30)11-15(18)13-22/h7-12,14H,3-6,23H2,1-2H3,(H,24,28). The third-order valence-electron chi connectivity index (χ3n) is 4.63. The molecule has 0 spiro atoms. The summed E-state index contributed by atoms with van der Waals surface area (Å²) in [5.41, 5.74) is 7.11. The molecule has 0 heterocycles. The Morgan fingerprint density at radius 3 is 2.57 bits per heavy atom. The Kier molecular flexibility index (Phi) is 7.99. The first kappa shape index (κ1) is 22.5. The van der Waals surface area contributed by atoms with Gasteiger partial charge in [0.25, 0.3) is 5.69 Å². The Bertz CT molecular complexity index is 997. The molecule has 0 bridgehead atoms. The van der Waals surface area contributed by atoms with E-state index in [4.69, 9.17) is 5.73 Å². The quantitative estimate of drug-likeness (QED) is 0.239. The zero-order valence-corrected chi connectivity index (χ0v) is 17.0. The summed E-state index contributed by atoms with van der Waals surface area (Å²) >= 11 is 0. The highest BCUT2D eigenvalue weighted by Crippen LogP contribution is 2.31. The van der Waals surface area contributed by atoms with Crippen molar-refractivity contribution in [1.82, 2.24) is 0 Å². The summed E-state index contributed by atoms with van der Waals surface area (Å²) in [4.78, 5) is 22.9. The highest BCUT2D eigenvalue weighted by molar-refractivity contribution is 5.95. The minimum Gasteiger partial charge on any atom is -0.399 e. The minimum absolute atomic E-state index is 0.0274. The number of rotatable bonds is 9. The number of hydrogen-bond acceptors (Lipinski definition) is 7. The number of nitriles is 1. The molecule has 1 atom stereocenters. The summed E-state index contributed by atoms with van der Waals surface area (Å²) in [6, 6.07) is 10.5. The number of unbranched alkanes of at least 4 members (excludes halogenated alkanes) is 1. The minimum atomic E-state index is -0.585. The summed E-state index contributed by atoms with van der Waals surface area (Å²) in [5, 5.41) is 31.2. The number of nitro benzene ring substituents is 1. The second-order valence-corrected chi connectivity index (χ2v) is 6.78. The number of nitrogens with zero attached hydrogens (tertiary/aromatic N) is 4. The molecule has 0 fully saturated rings. The van der Waals surface area contributed by atoms with Gasteiger partial charge in [-0.15, -0.1) is 10.2 Å². The molecule has 0 radical (unpaired) electrons. The average Bonchev–Trinajstić information content (AvgIpc) is 2.73. The van der Waals surface area contributed by atoms with Crippen molar-refractivity contribution in [2.75, 3.05) is 11.1 Å². The van der Waals surface area contributed by atoms with Crippen LogP contribution in [0.15, 0.2) is 46.6 Å². The van der Waals surface area contributed by atoms with Gasteiger partial charge in [0.2, 0.25) is 5.91 Å². The lowest BCUT2D eigenvalue weighted by atomic mass is 9.98. The van der Waals surface area contributed by atoms with Crippen LogP contribution in [-0.4, -0.2) is 10.8 Å². The maximum atomic E-state index is 12.7. The molecule has 0 aliphatic heterocycles. The van der Waals surface area contributed by atoms with Crippen LogP contribution in [0.5, 0.6) is 0 Å². The van der Waals surface area contributed by atoms with E-state index in [2.05, 4.69) is 22.5 Å². The molecule has 1 unspecified atom stereocenters. The number of anilines is 2. The van der Waals surface area contributed by atoms with Crippen LogP contribution in [-0.2, 0) is 4.79 Å². The molecular weight excluding hydrogens is 384 g/mol. The Morgan fingerprint density at radius 1 is 1.23 bits per heavy atom. The highest BCUT2D eigenvalue weighted by Gasteiger charge is 2.17. The summed E-state index contributed by atoms with van der Waals surface area (Å²) in [6.07, 6.45) is 3.50. The van der Waals surface area contributed by atoms with Gasteiger partial charge < -0.3 is 11.1 Å². The van der Waals surface area contributed by atoms with Crippen LogP contribution < -0.4 is 11.1 Å². The van der Waals surface area contributed by atoms with Gasteiger partial charge in [0.15, 0.2) is 0 Å². The first-order chi connectivity index (χ1) is 14.4. The molecule has 9 nitrogen and oxygen atoms in total. The molecule has 2 aromatic rings. The number of nitrogens with two attached hydrogens (primary N) is 1. The van der Waals surface area contributed by atoms with Crippen LogP contribution in [0.4, 0.5) is 28.4 Å². The molecular formula is C21H24N6O3. The number of amides is 1. The van der Waals surface area contributed by atoms with Crippen LogP contribution in [0.25, 0.3) is 0 Å². The van der Waals surface area contributed by atoms with Crippen molar-refractivity contribution in [2.24, 2.45) is 16.1 Å². The lowest BCUT2D eigenvalue weighted by Crippen LogP contribution is -2.22. The lowest BCUT2D eigenvalue weighted by Gasteiger charge is -2.15. The smallest absolute Gasteiger partial charge is 0.270 e. The molecule has 0 saturated carbocycles. The summed E-state index contributed by atoms with van der Waals surface area (Å²) in [6.45, 7) is 4.05. The maximum absolute atomic E-state index is 12.7. The molecule has 2 rings (SSSR count). The fraction of sp³-hybridized carbons (Fsp3) is 0.333. The molecule has 1 amide bonds. The van der Waals surface area contributed by atoms with Crippen molar-refractivity contribution < 1.29 is 9.72 Å². The van der Waals surface area contributed by atoms with E-state index in [1.807, 2.05) is 13.0 Å². The van der Waals surface area contributed by atoms with E-state index in [0.717, 1.165) is 31.7 Å². The van der Waals surface area contributed by atoms with Gasteiger partial charge >= 0.3 is 0 Å². The number of carbonyl (C=O) groups is 1. The van der Waals surface area contributed by atoms with E-state index in [0.29, 0.717) is 17.1 Å². The number of hydrogen-bond donors (Lipinski definition) is 2.